The van der Waals surface area contributed by atoms with Crippen LogP contribution in [0.3, 0.4) is 0 Å². The summed E-state index contributed by atoms with van der Waals surface area (Å²) in [5.74, 6) is 0.667. The van der Waals surface area contributed by atoms with Crippen LogP contribution in [0, 0.1) is 0 Å². The molecular formula is C36H44O4S. The number of esters is 2. The van der Waals surface area contributed by atoms with E-state index in [1.165, 1.54) is 49.8 Å². The molecule has 5 heteroatoms. The first-order chi connectivity index (χ1) is 20.1. The van der Waals surface area contributed by atoms with Gasteiger partial charge in [-0.1, -0.05) is 95.2 Å². The first kappa shape index (κ1) is 32.2. The van der Waals surface area contributed by atoms with Crippen LogP contribution >= 0.6 is 11.8 Å². The third kappa shape index (κ3) is 12.0. The summed E-state index contributed by atoms with van der Waals surface area (Å²) in [7, 11) is 0. The summed E-state index contributed by atoms with van der Waals surface area (Å²) >= 11 is 1.87. The summed E-state index contributed by atoms with van der Waals surface area (Å²) in [4.78, 5) is 26.2. The first-order valence-electron chi connectivity index (χ1n) is 15.1. The van der Waals surface area contributed by atoms with Gasteiger partial charge < -0.3 is 9.47 Å². The van der Waals surface area contributed by atoms with E-state index in [4.69, 9.17) is 9.47 Å². The lowest BCUT2D eigenvalue weighted by molar-refractivity contribution is 0.0497. The number of unbranched alkanes of at least 4 members (excludes halogenated alkanes) is 7. The summed E-state index contributed by atoms with van der Waals surface area (Å²) in [5, 5.41) is 0. The Kier molecular flexibility index (Phi) is 14.9. The highest BCUT2D eigenvalue weighted by atomic mass is 32.2. The quantitative estimate of drug-likeness (QED) is 0.0499. The molecule has 0 N–H and O–H groups in total. The maximum absolute atomic E-state index is 12.7. The van der Waals surface area contributed by atoms with Gasteiger partial charge in [-0.05, 0) is 78.9 Å². The summed E-state index contributed by atoms with van der Waals surface area (Å²) < 4.78 is 10.9. The smallest absolute Gasteiger partial charge is 0.343 e. The topological polar surface area (TPSA) is 52.6 Å². The summed E-state index contributed by atoms with van der Waals surface area (Å²) in [6, 6.07) is 22.5. The maximum atomic E-state index is 12.7. The van der Waals surface area contributed by atoms with Crippen LogP contribution in [0.4, 0.5) is 0 Å². The molecule has 4 nitrogen and oxygen atoms in total. The van der Waals surface area contributed by atoms with Gasteiger partial charge in [-0.3, -0.25) is 0 Å². The van der Waals surface area contributed by atoms with Crippen LogP contribution in [0.5, 0.6) is 5.75 Å². The minimum atomic E-state index is -0.439. The number of carbonyl (C=O) groups excluding carboxylic acids is 2. The van der Waals surface area contributed by atoms with E-state index in [0.717, 1.165) is 36.1 Å². The Balaban J connectivity index is 1.42. The SMILES string of the molecule is CCCCC=CCCSc1ccc(-c2ccc(C(=O)Oc3ccc(C(=O)OCCCCCCCC)cc3)cc2)cc1. The number of thioether (sulfide) groups is 1. The highest BCUT2D eigenvalue weighted by Crippen LogP contribution is 2.25. The van der Waals surface area contributed by atoms with E-state index < -0.39 is 5.97 Å². The van der Waals surface area contributed by atoms with Crippen molar-refractivity contribution < 1.29 is 19.1 Å². The molecule has 0 saturated heterocycles. The van der Waals surface area contributed by atoms with Gasteiger partial charge in [0.25, 0.3) is 0 Å². The lowest BCUT2D eigenvalue weighted by atomic mass is 10.0. The molecule has 3 aromatic carbocycles. The lowest BCUT2D eigenvalue weighted by Gasteiger charge is -2.08. The molecule has 0 aliphatic rings. The molecule has 0 aliphatic heterocycles. The van der Waals surface area contributed by atoms with Gasteiger partial charge in [-0.15, -0.1) is 11.8 Å². The summed E-state index contributed by atoms with van der Waals surface area (Å²) in [6.07, 6.45) is 16.2. The van der Waals surface area contributed by atoms with Crippen LogP contribution in [0.15, 0.2) is 89.8 Å². The van der Waals surface area contributed by atoms with E-state index in [1.807, 2.05) is 23.9 Å². The molecule has 0 saturated carbocycles. The molecule has 218 valence electrons. The Morgan fingerprint density at radius 3 is 1.88 bits per heavy atom. The molecule has 3 aromatic rings. The van der Waals surface area contributed by atoms with Crippen molar-refractivity contribution >= 4 is 23.7 Å². The van der Waals surface area contributed by atoms with Gasteiger partial charge in [0.15, 0.2) is 0 Å². The number of hydrogen-bond acceptors (Lipinski definition) is 5. The zero-order chi connectivity index (χ0) is 29.1. The predicted molar refractivity (Wildman–Crippen MR) is 171 cm³/mol. The molecule has 0 amide bonds. The Morgan fingerprint density at radius 2 is 1.20 bits per heavy atom. The van der Waals surface area contributed by atoms with Crippen molar-refractivity contribution in [3.8, 4) is 16.9 Å². The number of benzene rings is 3. The Bertz CT molecular complexity index is 1200. The first-order valence-corrected chi connectivity index (χ1v) is 16.1. The maximum Gasteiger partial charge on any atom is 0.343 e. The van der Waals surface area contributed by atoms with E-state index in [9.17, 15) is 9.59 Å². The number of ether oxygens (including phenoxy) is 2. The van der Waals surface area contributed by atoms with Crippen molar-refractivity contribution in [3.63, 3.8) is 0 Å². The number of allylic oxidation sites excluding steroid dienone is 2. The minimum absolute atomic E-state index is 0.353. The lowest BCUT2D eigenvalue weighted by Crippen LogP contribution is -2.09. The average Bonchev–Trinajstić information content (AvgIpc) is 3.01. The van der Waals surface area contributed by atoms with Gasteiger partial charge in [-0.25, -0.2) is 9.59 Å². The van der Waals surface area contributed by atoms with Crippen LogP contribution in [0.2, 0.25) is 0 Å². The van der Waals surface area contributed by atoms with Gasteiger partial charge in [0.05, 0.1) is 17.7 Å². The molecule has 0 aliphatic carbocycles. The second-order valence-corrected chi connectivity index (χ2v) is 11.3. The predicted octanol–water partition coefficient (Wildman–Crippen LogP) is 10.3. The monoisotopic (exact) mass is 572 g/mol. The zero-order valence-corrected chi connectivity index (χ0v) is 25.4. The van der Waals surface area contributed by atoms with E-state index in [2.05, 4.69) is 50.3 Å². The van der Waals surface area contributed by atoms with E-state index in [0.29, 0.717) is 23.5 Å². The molecule has 41 heavy (non-hydrogen) atoms. The van der Waals surface area contributed by atoms with Crippen molar-refractivity contribution in [3.05, 3.63) is 96.1 Å². The molecular weight excluding hydrogens is 528 g/mol. The van der Waals surface area contributed by atoms with Gasteiger partial charge in [0.2, 0.25) is 0 Å². The molecule has 3 rings (SSSR count). The van der Waals surface area contributed by atoms with Crippen molar-refractivity contribution in [2.45, 2.75) is 83.0 Å². The zero-order valence-electron chi connectivity index (χ0n) is 24.6. The van der Waals surface area contributed by atoms with Gasteiger partial charge >= 0.3 is 11.9 Å². The van der Waals surface area contributed by atoms with Crippen molar-refractivity contribution in [2.75, 3.05) is 12.4 Å². The van der Waals surface area contributed by atoms with Crippen molar-refractivity contribution in [2.24, 2.45) is 0 Å². The molecule has 0 bridgehead atoms. The fourth-order valence-electron chi connectivity index (χ4n) is 4.30. The van der Waals surface area contributed by atoms with Crippen molar-refractivity contribution in [1.29, 1.82) is 0 Å². The van der Waals surface area contributed by atoms with Crippen LogP contribution in [0.1, 0.15) is 98.8 Å². The van der Waals surface area contributed by atoms with E-state index in [-0.39, 0.29) is 5.97 Å². The molecule has 0 fully saturated rings. The van der Waals surface area contributed by atoms with E-state index in [1.54, 1.807) is 36.4 Å². The normalized spacial score (nSPS) is 11.1. The van der Waals surface area contributed by atoms with Crippen LogP contribution in [-0.4, -0.2) is 24.3 Å². The summed E-state index contributed by atoms with van der Waals surface area (Å²) in [6.45, 7) is 4.84. The van der Waals surface area contributed by atoms with Crippen LogP contribution < -0.4 is 4.74 Å². The van der Waals surface area contributed by atoms with Gasteiger partial charge in [-0.2, -0.15) is 0 Å². The van der Waals surface area contributed by atoms with Crippen LogP contribution in [0.25, 0.3) is 11.1 Å². The number of carbonyl (C=O) groups is 2. The molecule has 0 aromatic heterocycles. The molecule has 0 radical (unpaired) electrons. The fourth-order valence-corrected chi connectivity index (χ4v) is 5.12. The van der Waals surface area contributed by atoms with Gasteiger partial charge in [0.1, 0.15) is 5.75 Å². The number of hydrogen-bond donors (Lipinski definition) is 0. The largest absolute Gasteiger partial charge is 0.462 e. The van der Waals surface area contributed by atoms with Crippen molar-refractivity contribution in [1.82, 2.24) is 0 Å². The molecule has 0 heterocycles. The molecule has 0 atom stereocenters. The summed E-state index contributed by atoms with van der Waals surface area (Å²) in [5.41, 5.74) is 3.06. The Morgan fingerprint density at radius 1 is 0.634 bits per heavy atom. The Hall–Kier alpha value is -3.31. The number of rotatable bonds is 18. The fraction of sp³-hybridized carbons (Fsp3) is 0.389. The second-order valence-electron chi connectivity index (χ2n) is 10.2. The highest BCUT2D eigenvalue weighted by Gasteiger charge is 2.11. The standard InChI is InChI=1S/C36H44O4S/c1-3-5-7-9-11-13-27-39-35(37)31-19-23-33(24-20-31)40-36(38)32-17-15-29(16-18-32)30-21-25-34(26-22-30)41-28-14-12-10-8-6-4-2/h10,12,15-26H,3-9,11,13-14,27-28H2,1-2H3. The second kappa shape index (κ2) is 18.9. The average molecular weight is 573 g/mol. The molecule has 0 unspecified atom stereocenters. The minimum Gasteiger partial charge on any atom is -0.462 e. The highest BCUT2D eigenvalue weighted by molar-refractivity contribution is 7.99. The van der Waals surface area contributed by atoms with E-state index >= 15 is 0 Å². The van der Waals surface area contributed by atoms with Crippen LogP contribution in [-0.2, 0) is 4.74 Å². The Labute approximate surface area is 250 Å². The molecule has 0 spiro atoms. The van der Waals surface area contributed by atoms with Gasteiger partial charge in [0, 0.05) is 10.6 Å². The third-order valence-corrected chi connectivity index (χ3v) is 7.83. The third-order valence-electron chi connectivity index (χ3n) is 6.78.